The van der Waals surface area contributed by atoms with Gasteiger partial charge in [0.1, 0.15) is 10.8 Å². The van der Waals surface area contributed by atoms with Crippen LogP contribution in [0.25, 0.3) is 0 Å². The molecule has 0 aliphatic carbocycles. The lowest BCUT2D eigenvalue weighted by Gasteiger charge is -2.15. The second-order valence-corrected chi connectivity index (χ2v) is 13.0. The van der Waals surface area contributed by atoms with Crippen molar-refractivity contribution in [1.82, 2.24) is 20.6 Å². The van der Waals surface area contributed by atoms with Gasteiger partial charge in [-0.15, -0.1) is 0 Å². The van der Waals surface area contributed by atoms with Crippen LogP contribution >= 0.6 is 11.6 Å². The molecule has 57 heavy (non-hydrogen) atoms. The van der Waals surface area contributed by atoms with Crippen LogP contribution in [0, 0.1) is 0 Å². The SMILES string of the molecule is C=CC(=O)Nc1ccccc1Nc1nc(Nc2ccc(NC(=O)CCCC(=O)NCCCOCCOCCOCCCNC(=O)CCCC)cc2OC)ncc1Cl. The van der Waals surface area contributed by atoms with Gasteiger partial charge in [-0.2, -0.15) is 4.98 Å². The number of hydrogen-bond acceptors (Lipinski definition) is 12. The van der Waals surface area contributed by atoms with E-state index >= 15 is 0 Å². The highest BCUT2D eigenvalue weighted by Crippen LogP contribution is 2.32. The quantitative estimate of drug-likeness (QED) is 0.0347. The molecule has 4 amide bonds. The summed E-state index contributed by atoms with van der Waals surface area (Å²) < 4.78 is 22.1. The number of amides is 4. The van der Waals surface area contributed by atoms with Gasteiger partial charge in [0, 0.05) is 57.3 Å². The summed E-state index contributed by atoms with van der Waals surface area (Å²) in [6, 6.07) is 12.1. The minimum atomic E-state index is -0.365. The number of carbonyl (C=O) groups is 4. The number of carbonyl (C=O) groups excluding carboxylic acids is 4. The van der Waals surface area contributed by atoms with Crippen LogP contribution in [0.2, 0.25) is 5.02 Å². The summed E-state index contributed by atoms with van der Waals surface area (Å²) in [6.45, 7) is 9.55. The molecule has 0 unspecified atom stereocenters. The first-order valence-electron chi connectivity index (χ1n) is 19.1. The van der Waals surface area contributed by atoms with Gasteiger partial charge in [0.25, 0.3) is 0 Å². The number of benzene rings is 2. The molecule has 0 aliphatic heterocycles. The number of para-hydroxylation sites is 2. The Morgan fingerprint density at radius 2 is 1.35 bits per heavy atom. The molecular weight excluding hydrogens is 756 g/mol. The highest BCUT2D eigenvalue weighted by Gasteiger charge is 2.13. The van der Waals surface area contributed by atoms with Gasteiger partial charge in [0.15, 0.2) is 5.82 Å². The summed E-state index contributed by atoms with van der Waals surface area (Å²) in [6.07, 6.45) is 7.29. The number of rotatable bonds is 29. The van der Waals surface area contributed by atoms with Crippen LogP contribution in [0.1, 0.15) is 58.3 Å². The van der Waals surface area contributed by atoms with Gasteiger partial charge in [0.2, 0.25) is 29.6 Å². The fourth-order valence-electron chi connectivity index (χ4n) is 5.01. The van der Waals surface area contributed by atoms with Crippen molar-refractivity contribution in [3.05, 3.63) is 66.3 Å². The minimum Gasteiger partial charge on any atom is -0.494 e. The number of nitrogens with one attached hydrogen (secondary N) is 6. The lowest BCUT2D eigenvalue weighted by molar-refractivity contribution is -0.122. The van der Waals surface area contributed by atoms with Crippen molar-refractivity contribution in [1.29, 1.82) is 0 Å². The first-order valence-corrected chi connectivity index (χ1v) is 19.4. The van der Waals surface area contributed by atoms with Gasteiger partial charge in [-0.1, -0.05) is 43.7 Å². The molecule has 0 spiro atoms. The van der Waals surface area contributed by atoms with Gasteiger partial charge in [-0.25, -0.2) is 4.98 Å². The fourth-order valence-corrected chi connectivity index (χ4v) is 5.15. The Balaban J connectivity index is 1.27. The second-order valence-electron chi connectivity index (χ2n) is 12.5. The first-order chi connectivity index (χ1) is 27.7. The highest BCUT2D eigenvalue weighted by molar-refractivity contribution is 6.33. The van der Waals surface area contributed by atoms with Crippen molar-refractivity contribution in [3.63, 3.8) is 0 Å². The fraction of sp³-hybridized carbons (Fsp3) is 0.450. The van der Waals surface area contributed by atoms with Gasteiger partial charge in [-0.3, -0.25) is 19.2 Å². The Hall–Kier alpha value is -5.29. The normalized spacial score (nSPS) is 10.6. The molecule has 310 valence electrons. The average molecular weight is 811 g/mol. The molecule has 17 heteroatoms. The van der Waals surface area contributed by atoms with Gasteiger partial charge >= 0.3 is 0 Å². The van der Waals surface area contributed by atoms with E-state index in [9.17, 15) is 19.2 Å². The second kappa shape index (κ2) is 27.3. The first kappa shape index (κ1) is 46.1. The number of nitrogens with zero attached hydrogens (tertiary/aromatic N) is 2. The van der Waals surface area contributed by atoms with E-state index in [1.54, 1.807) is 42.5 Å². The van der Waals surface area contributed by atoms with Crippen molar-refractivity contribution < 1.29 is 38.1 Å². The zero-order valence-electron chi connectivity index (χ0n) is 32.8. The van der Waals surface area contributed by atoms with E-state index in [1.807, 2.05) is 0 Å². The van der Waals surface area contributed by atoms with Gasteiger partial charge < -0.3 is 50.8 Å². The molecule has 3 aromatic rings. The van der Waals surface area contributed by atoms with Crippen molar-refractivity contribution in [2.24, 2.45) is 0 Å². The molecule has 0 fully saturated rings. The molecule has 0 saturated carbocycles. The molecule has 3 rings (SSSR count). The predicted molar refractivity (Wildman–Crippen MR) is 222 cm³/mol. The van der Waals surface area contributed by atoms with Crippen LogP contribution in [0.5, 0.6) is 5.75 Å². The molecule has 0 aliphatic rings. The van der Waals surface area contributed by atoms with Crippen LogP contribution in [0.4, 0.5) is 34.5 Å². The average Bonchev–Trinajstić information content (AvgIpc) is 3.20. The standard InChI is InChI=1S/C40H55ClN8O8/c1-4-6-14-36(51)42-19-10-21-55-23-25-57-26-24-56-22-11-20-43-37(52)15-9-16-38(53)45-29-17-18-33(34(27-29)54-3)48-40-44-28-30(41)39(49-40)47-32-13-8-7-12-31(32)46-35(50)5-2/h5,7-8,12-13,17-18,27-28H,2,4,6,9-11,14-16,19-26H2,1,3H3,(H,42,51)(H,43,52)(H,45,53)(H,46,50)(H2,44,47,48,49). The third-order valence-corrected chi connectivity index (χ3v) is 8.26. The number of hydrogen-bond donors (Lipinski definition) is 6. The zero-order chi connectivity index (χ0) is 41.1. The molecule has 0 radical (unpaired) electrons. The topological polar surface area (TPSA) is 203 Å². The Kier molecular flexibility index (Phi) is 22.1. The van der Waals surface area contributed by atoms with E-state index in [-0.39, 0.29) is 47.4 Å². The molecular formula is C40H55ClN8O8. The van der Waals surface area contributed by atoms with Crippen LogP contribution in [-0.4, -0.2) is 93.4 Å². The van der Waals surface area contributed by atoms with Gasteiger partial charge in [-0.05, 0) is 56.0 Å². The minimum absolute atomic E-state index is 0.0921. The molecule has 1 heterocycles. The summed E-state index contributed by atoms with van der Waals surface area (Å²) in [5.74, 6) is 0.293. The van der Waals surface area contributed by atoms with E-state index in [2.05, 4.69) is 55.4 Å². The highest BCUT2D eigenvalue weighted by atomic mass is 35.5. The summed E-state index contributed by atoms with van der Waals surface area (Å²) in [4.78, 5) is 57.0. The number of anilines is 6. The number of unbranched alkanes of at least 4 members (excludes halogenated alkanes) is 1. The lowest BCUT2D eigenvalue weighted by Crippen LogP contribution is -2.25. The van der Waals surface area contributed by atoms with Gasteiger partial charge in [0.05, 0.1) is 56.8 Å². The molecule has 2 aromatic carbocycles. The van der Waals surface area contributed by atoms with E-state index in [0.29, 0.717) is 106 Å². The monoisotopic (exact) mass is 810 g/mol. The van der Waals surface area contributed by atoms with Crippen molar-refractivity contribution in [2.75, 3.05) is 81.1 Å². The maximum atomic E-state index is 12.6. The number of ether oxygens (including phenoxy) is 4. The number of halogens is 1. The molecule has 0 atom stereocenters. The third kappa shape index (κ3) is 18.9. The predicted octanol–water partition coefficient (Wildman–Crippen LogP) is 6.11. The van der Waals surface area contributed by atoms with E-state index in [4.69, 9.17) is 30.5 Å². The maximum absolute atomic E-state index is 12.6. The Morgan fingerprint density at radius 3 is 1.98 bits per heavy atom. The van der Waals surface area contributed by atoms with Crippen LogP contribution in [0.15, 0.2) is 61.3 Å². The molecule has 16 nitrogen and oxygen atoms in total. The van der Waals surface area contributed by atoms with E-state index < -0.39 is 0 Å². The Morgan fingerprint density at radius 1 is 0.737 bits per heavy atom. The Bertz CT molecular complexity index is 1730. The number of methoxy groups -OCH3 is 1. The molecule has 0 bridgehead atoms. The third-order valence-electron chi connectivity index (χ3n) is 7.98. The smallest absolute Gasteiger partial charge is 0.247 e. The maximum Gasteiger partial charge on any atom is 0.247 e. The Labute approximate surface area is 339 Å². The van der Waals surface area contributed by atoms with Crippen molar-refractivity contribution >= 4 is 69.7 Å². The molecule has 6 N–H and O–H groups in total. The molecule has 1 aromatic heterocycles. The summed E-state index contributed by atoms with van der Waals surface area (Å²) in [5, 5.41) is 17.8. The van der Waals surface area contributed by atoms with Crippen LogP contribution < -0.4 is 36.6 Å². The van der Waals surface area contributed by atoms with E-state index in [0.717, 1.165) is 19.3 Å². The summed E-state index contributed by atoms with van der Waals surface area (Å²) in [7, 11) is 1.50. The molecule has 0 saturated heterocycles. The van der Waals surface area contributed by atoms with Crippen LogP contribution in [-0.2, 0) is 33.4 Å². The lowest BCUT2D eigenvalue weighted by atomic mass is 10.2. The van der Waals surface area contributed by atoms with Crippen molar-refractivity contribution in [2.45, 2.75) is 58.3 Å². The van der Waals surface area contributed by atoms with E-state index in [1.165, 1.54) is 19.4 Å². The largest absolute Gasteiger partial charge is 0.494 e. The summed E-state index contributed by atoms with van der Waals surface area (Å²) in [5.41, 5.74) is 2.12. The number of aromatic nitrogens is 2. The van der Waals surface area contributed by atoms with Crippen molar-refractivity contribution in [3.8, 4) is 5.75 Å². The summed E-state index contributed by atoms with van der Waals surface area (Å²) >= 11 is 6.37. The zero-order valence-corrected chi connectivity index (χ0v) is 33.5. The van der Waals surface area contributed by atoms with Crippen LogP contribution in [0.3, 0.4) is 0 Å².